The highest BCUT2D eigenvalue weighted by Gasteiger charge is 2.26. The second-order valence-corrected chi connectivity index (χ2v) is 9.28. The van der Waals surface area contributed by atoms with Gasteiger partial charge in [-0.25, -0.2) is 0 Å². The lowest BCUT2D eigenvalue weighted by atomic mass is 10.4. The van der Waals surface area contributed by atoms with Crippen LogP contribution in [0.5, 0.6) is 0 Å². The van der Waals surface area contributed by atoms with Crippen molar-refractivity contribution in [2.24, 2.45) is 0 Å². The van der Waals surface area contributed by atoms with Crippen molar-refractivity contribution in [2.45, 2.75) is 38.8 Å². The van der Waals surface area contributed by atoms with Gasteiger partial charge in [0.2, 0.25) is 0 Å². The summed E-state index contributed by atoms with van der Waals surface area (Å²) in [6, 6.07) is 8.54. The van der Waals surface area contributed by atoms with Crippen LogP contribution in [-0.2, 0) is 23.6 Å². The van der Waals surface area contributed by atoms with Gasteiger partial charge in [-0.05, 0) is 35.7 Å². The molecule has 14 heteroatoms. The largest absolute Gasteiger partial charge is 0.398 e. The Kier molecular flexibility index (Phi) is 24.5. The predicted octanol–water partition coefficient (Wildman–Crippen LogP) is 3.77. The highest BCUT2D eigenvalue weighted by atomic mass is 32.5. The molecule has 0 saturated carbocycles. The molecule has 1 aromatic carbocycles. The van der Waals surface area contributed by atoms with Gasteiger partial charge in [0, 0.05) is 4.90 Å². The number of thioether (sulfide) groups is 1. The average molecular weight is 480 g/mol. The van der Waals surface area contributed by atoms with E-state index in [9.17, 15) is 13.2 Å². The third-order valence-corrected chi connectivity index (χ3v) is 2.22. The summed E-state index contributed by atoms with van der Waals surface area (Å²) >= 11 is 8.01. The van der Waals surface area contributed by atoms with Crippen LogP contribution in [0.2, 0.25) is 0 Å². The first kappa shape index (κ1) is 34.0. The Hall–Kier alpha value is 0.420. The Labute approximate surface area is 166 Å². The Bertz CT molecular complexity index is 472. The minimum absolute atomic E-state index is 0.648. The maximum Gasteiger partial charge on any atom is 0.398 e. The zero-order valence-electron chi connectivity index (χ0n) is 14.5. The van der Waals surface area contributed by atoms with E-state index in [1.54, 1.807) is 30.3 Å². The molecule has 26 heavy (non-hydrogen) atoms. The first-order chi connectivity index (χ1) is 11.6. The predicted molar refractivity (Wildman–Crippen MR) is 108 cm³/mol. The van der Waals surface area contributed by atoms with Crippen molar-refractivity contribution in [1.82, 2.24) is 0 Å². The van der Waals surface area contributed by atoms with Crippen molar-refractivity contribution in [1.29, 1.82) is 0 Å². The van der Waals surface area contributed by atoms with E-state index in [-0.39, 0.29) is 0 Å². The Balaban J connectivity index is -0.000000145. The summed E-state index contributed by atoms with van der Waals surface area (Å²) in [6.45, 7) is 0.389. The quantitative estimate of drug-likeness (QED) is 0.278. The molecule has 0 spiro atoms. The van der Waals surface area contributed by atoms with Crippen LogP contribution in [0.3, 0.4) is 0 Å². The molecule has 158 valence electrons. The molecule has 1 rings (SSSR count). The zero-order chi connectivity index (χ0) is 22.0. The maximum atomic E-state index is 11.7. The van der Waals surface area contributed by atoms with E-state index in [0.29, 0.717) is 4.90 Å². The molecule has 1 aromatic rings. The minimum Gasteiger partial charge on any atom is -0.325 e. The van der Waals surface area contributed by atoms with Crippen LogP contribution in [0.25, 0.3) is 0 Å². The van der Waals surface area contributed by atoms with Gasteiger partial charge in [0.25, 0.3) is 0 Å². The molecule has 0 saturated heterocycles. The molecule has 0 unspecified atom stereocenters. The molecular weight excluding hydrogens is 455 g/mol. The molecule has 0 radical (unpaired) electrons. The van der Waals surface area contributed by atoms with E-state index >= 15 is 0 Å². The van der Waals surface area contributed by atoms with Gasteiger partial charge < -0.3 is 29.4 Å². The van der Waals surface area contributed by atoms with E-state index in [0.717, 1.165) is 11.8 Å². The van der Waals surface area contributed by atoms with E-state index in [2.05, 4.69) is 23.6 Å². The van der Waals surface area contributed by atoms with Crippen LogP contribution in [0.1, 0.15) is 27.7 Å². The number of hydrogen-bond donors (Lipinski definition) is 6. The molecule has 6 N–H and O–H groups in total. The van der Waals surface area contributed by atoms with Gasteiger partial charge in [-0.15, -0.1) is 11.8 Å². The maximum absolute atomic E-state index is 11.7. The highest BCUT2D eigenvalue weighted by Crippen LogP contribution is 2.27. The monoisotopic (exact) mass is 480 g/mol. The van der Waals surface area contributed by atoms with E-state index in [1.807, 2.05) is 27.7 Å². The summed E-state index contributed by atoms with van der Waals surface area (Å²) in [5.74, 6) is -0.822. The van der Waals surface area contributed by atoms with Gasteiger partial charge in [-0.3, -0.25) is 0 Å². The first-order valence-corrected chi connectivity index (χ1v) is 13.2. The fourth-order valence-corrected chi connectivity index (χ4v) is 1.36. The van der Waals surface area contributed by atoms with Gasteiger partial charge in [-0.1, -0.05) is 45.9 Å². The molecule has 0 atom stereocenters. The normalized spacial score (nSPS) is 10.3. The summed E-state index contributed by atoms with van der Waals surface area (Å²) in [5, 5.41) is 0. The summed E-state index contributed by atoms with van der Waals surface area (Å²) < 4.78 is 35.2. The molecule has 0 heterocycles. The SMILES string of the molecule is CC.CC.FC(F)(F)CSc1ccccc1.OP(O)(O)=S.OP(O)(O)=S. The standard InChI is InChI=1S/C8H7F3S.2C2H6.2H3O3PS/c9-8(10,11)6-12-7-4-2-1-3-5-7;2*1-2;2*1-4(2,3)5/h1-5H,6H2;2*1-2H3;2*(H3,1,2,3,5). The van der Waals surface area contributed by atoms with Crippen LogP contribution in [0.4, 0.5) is 13.2 Å². The van der Waals surface area contributed by atoms with Crippen LogP contribution >= 0.6 is 25.2 Å². The Morgan fingerprint density at radius 3 is 1.31 bits per heavy atom. The molecule has 0 aliphatic carbocycles. The van der Waals surface area contributed by atoms with Crippen molar-refractivity contribution in [2.75, 3.05) is 5.75 Å². The summed E-state index contributed by atoms with van der Waals surface area (Å²) in [5.41, 5.74) is 0. The Morgan fingerprint density at radius 2 is 1.08 bits per heavy atom. The van der Waals surface area contributed by atoms with Gasteiger partial charge >= 0.3 is 19.6 Å². The van der Waals surface area contributed by atoms with Crippen molar-refractivity contribution in [3.8, 4) is 0 Å². The minimum atomic E-state index is -4.08. The fourth-order valence-electron chi connectivity index (χ4n) is 0.682. The number of halogens is 3. The lowest BCUT2D eigenvalue weighted by Gasteiger charge is -2.04. The third kappa shape index (κ3) is 64.4. The van der Waals surface area contributed by atoms with Gasteiger partial charge in [0.05, 0.1) is 5.75 Å². The summed E-state index contributed by atoms with van der Waals surface area (Å²) in [7, 11) is 0. The lowest BCUT2D eigenvalue weighted by Crippen LogP contribution is -2.10. The number of rotatable bonds is 2. The Morgan fingerprint density at radius 1 is 0.808 bits per heavy atom. The van der Waals surface area contributed by atoms with E-state index < -0.39 is 25.4 Å². The molecular formula is C12H25F3O6P2S3. The molecule has 0 aromatic heterocycles. The lowest BCUT2D eigenvalue weighted by molar-refractivity contribution is -0.105. The summed E-state index contributed by atoms with van der Waals surface area (Å²) in [6.07, 6.45) is -4.08. The average Bonchev–Trinajstić information content (AvgIpc) is 2.46. The van der Waals surface area contributed by atoms with E-state index in [1.165, 1.54) is 0 Å². The van der Waals surface area contributed by atoms with Crippen molar-refractivity contribution < 1.29 is 42.5 Å². The fraction of sp³-hybridized carbons (Fsp3) is 0.500. The van der Waals surface area contributed by atoms with Gasteiger partial charge in [0.15, 0.2) is 0 Å². The van der Waals surface area contributed by atoms with Gasteiger partial charge in [-0.2, -0.15) is 13.2 Å². The molecule has 0 aliphatic heterocycles. The number of alkyl halides is 3. The van der Waals surface area contributed by atoms with Crippen LogP contribution in [0.15, 0.2) is 35.2 Å². The van der Waals surface area contributed by atoms with Crippen LogP contribution < -0.4 is 0 Å². The molecule has 6 nitrogen and oxygen atoms in total. The number of hydrogen-bond acceptors (Lipinski definition) is 3. The zero-order valence-corrected chi connectivity index (χ0v) is 18.8. The first-order valence-electron chi connectivity index (χ1n) is 6.89. The second-order valence-electron chi connectivity index (χ2n) is 3.24. The molecule has 0 fully saturated rings. The smallest absolute Gasteiger partial charge is 0.325 e. The van der Waals surface area contributed by atoms with Crippen LogP contribution in [0, 0.1) is 0 Å². The van der Waals surface area contributed by atoms with Crippen molar-refractivity contribution >= 4 is 48.8 Å². The number of benzene rings is 1. The van der Waals surface area contributed by atoms with Crippen LogP contribution in [-0.4, -0.2) is 41.3 Å². The topological polar surface area (TPSA) is 121 Å². The third-order valence-electron chi connectivity index (χ3n) is 1.15. The van der Waals surface area contributed by atoms with E-state index in [4.69, 9.17) is 29.4 Å². The summed E-state index contributed by atoms with van der Waals surface area (Å²) in [4.78, 5) is 46.0. The van der Waals surface area contributed by atoms with Crippen molar-refractivity contribution in [3.05, 3.63) is 30.3 Å². The molecule has 0 aliphatic rings. The van der Waals surface area contributed by atoms with Gasteiger partial charge in [0.1, 0.15) is 0 Å². The molecule has 0 amide bonds. The van der Waals surface area contributed by atoms with Crippen molar-refractivity contribution in [3.63, 3.8) is 0 Å². The second kappa shape index (κ2) is 18.8. The highest BCUT2D eigenvalue weighted by molar-refractivity contribution is 8.06. The molecule has 0 bridgehead atoms.